The van der Waals surface area contributed by atoms with Crippen LogP contribution in [0.1, 0.15) is 47.7 Å². The second kappa shape index (κ2) is 8.34. The van der Waals surface area contributed by atoms with E-state index in [1.54, 1.807) is 14.2 Å². The molecule has 2 aromatic carbocycles. The first-order chi connectivity index (χ1) is 15.3. The van der Waals surface area contributed by atoms with Crippen molar-refractivity contribution in [1.82, 2.24) is 9.88 Å². The molecule has 32 heavy (non-hydrogen) atoms. The number of hydrogen-bond donors (Lipinski definition) is 1. The number of aromatic nitrogens is 1. The molecule has 1 unspecified atom stereocenters. The Kier molecular flexibility index (Phi) is 5.71. The zero-order chi connectivity index (χ0) is 23.2. The fraction of sp³-hybridized carbons (Fsp3) is 0.385. The summed E-state index contributed by atoms with van der Waals surface area (Å²) in [5.41, 5.74) is 5.27. The topological polar surface area (TPSA) is 71.6 Å². The van der Waals surface area contributed by atoms with E-state index in [2.05, 4.69) is 11.1 Å². The van der Waals surface area contributed by atoms with Crippen LogP contribution in [0.25, 0.3) is 10.9 Å². The van der Waals surface area contributed by atoms with E-state index in [-0.39, 0.29) is 17.4 Å². The molecule has 2 heterocycles. The Labute approximate surface area is 188 Å². The summed E-state index contributed by atoms with van der Waals surface area (Å²) < 4.78 is 11.0. The summed E-state index contributed by atoms with van der Waals surface area (Å²) in [7, 11) is 3.20. The molecule has 1 aromatic heterocycles. The molecule has 6 nitrogen and oxygen atoms in total. The Morgan fingerprint density at radius 1 is 1.03 bits per heavy atom. The van der Waals surface area contributed by atoms with Gasteiger partial charge in [0.05, 0.1) is 25.8 Å². The van der Waals surface area contributed by atoms with Gasteiger partial charge in [-0.2, -0.15) is 0 Å². The number of hydrogen-bond acceptors (Lipinski definition) is 4. The molecule has 0 spiro atoms. The molecule has 1 aliphatic rings. The standard InChI is InChI=1S/C26H30N2O4/c1-14(2)26(30)28-10-9-17-11-21(31-5)22(32-6)13-19(17)24(28)20-12-18-15(3)7-8-16(4)23(18)27-25(20)29/h7-8,11-14,24H,9-10H2,1-6H3,(H,27,29). The van der Waals surface area contributed by atoms with Crippen LogP contribution in [0.5, 0.6) is 11.5 Å². The summed E-state index contributed by atoms with van der Waals surface area (Å²) in [6.07, 6.45) is 0.689. The van der Waals surface area contributed by atoms with Crippen LogP contribution in [0.4, 0.5) is 0 Å². The van der Waals surface area contributed by atoms with Crippen LogP contribution in [0, 0.1) is 19.8 Å². The van der Waals surface area contributed by atoms with Gasteiger partial charge in [-0.3, -0.25) is 9.59 Å². The van der Waals surface area contributed by atoms with Crippen LogP contribution in [-0.2, 0) is 11.2 Å². The maximum Gasteiger partial charge on any atom is 0.254 e. The van der Waals surface area contributed by atoms with E-state index in [4.69, 9.17) is 9.47 Å². The molecule has 1 amide bonds. The van der Waals surface area contributed by atoms with Gasteiger partial charge in [0.15, 0.2) is 11.5 Å². The van der Waals surface area contributed by atoms with Crippen molar-refractivity contribution in [2.75, 3.05) is 20.8 Å². The smallest absolute Gasteiger partial charge is 0.254 e. The van der Waals surface area contributed by atoms with Crippen molar-refractivity contribution in [3.63, 3.8) is 0 Å². The van der Waals surface area contributed by atoms with E-state index >= 15 is 0 Å². The molecule has 4 rings (SSSR count). The summed E-state index contributed by atoms with van der Waals surface area (Å²) >= 11 is 0. The van der Waals surface area contributed by atoms with Crippen LogP contribution < -0.4 is 15.0 Å². The highest BCUT2D eigenvalue weighted by atomic mass is 16.5. The minimum Gasteiger partial charge on any atom is -0.493 e. The summed E-state index contributed by atoms with van der Waals surface area (Å²) in [4.78, 5) is 31.5. The van der Waals surface area contributed by atoms with Gasteiger partial charge in [0, 0.05) is 23.4 Å². The number of rotatable bonds is 4. The van der Waals surface area contributed by atoms with Gasteiger partial charge in [-0.25, -0.2) is 0 Å². The number of aromatic amines is 1. The molecule has 3 aromatic rings. The normalized spacial score (nSPS) is 15.7. The lowest BCUT2D eigenvalue weighted by molar-refractivity contribution is -0.136. The van der Waals surface area contributed by atoms with Crippen LogP contribution in [0.15, 0.2) is 35.1 Å². The monoisotopic (exact) mass is 434 g/mol. The highest BCUT2D eigenvalue weighted by Gasteiger charge is 2.35. The van der Waals surface area contributed by atoms with Gasteiger partial charge < -0.3 is 19.4 Å². The average molecular weight is 435 g/mol. The number of methoxy groups -OCH3 is 2. The van der Waals surface area contributed by atoms with Gasteiger partial charge in [0.25, 0.3) is 5.56 Å². The fourth-order valence-corrected chi connectivity index (χ4v) is 4.64. The Morgan fingerprint density at radius 2 is 1.69 bits per heavy atom. The minimum absolute atomic E-state index is 0.0240. The lowest BCUT2D eigenvalue weighted by atomic mass is 9.86. The van der Waals surface area contributed by atoms with Crippen molar-refractivity contribution in [2.24, 2.45) is 5.92 Å². The van der Waals surface area contributed by atoms with Crippen LogP contribution >= 0.6 is 0 Å². The van der Waals surface area contributed by atoms with Crippen LogP contribution in [0.2, 0.25) is 0 Å². The highest BCUT2D eigenvalue weighted by molar-refractivity contribution is 5.86. The zero-order valence-corrected chi connectivity index (χ0v) is 19.5. The van der Waals surface area contributed by atoms with Gasteiger partial charge >= 0.3 is 0 Å². The summed E-state index contributed by atoms with van der Waals surface area (Å²) in [6.45, 7) is 8.33. The Balaban J connectivity index is 2.01. The molecule has 168 valence electrons. The maximum atomic E-state index is 13.4. The van der Waals surface area contributed by atoms with E-state index in [1.165, 1.54) is 0 Å². The number of pyridine rings is 1. The predicted molar refractivity (Wildman–Crippen MR) is 126 cm³/mol. The number of H-pyrrole nitrogens is 1. The van der Waals surface area contributed by atoms with Crippen molar-refractivity contribution in [2.45, 2.75) is 40.2 Å². The number of amides is 1. The molecule has 0 saturated carbocycles. The first-order valence-corrected chi connectivity index (χ1v) is 10.9. The second-order valence-electron chi connectivity index (χ2n) is 8.79. The number of benzene rings is 2. The lowest BCUT2D eigenvalue weighted by Gasteiger charge is -2.38. The molecule has 1 atom stereocenters. The van der Waals surface area contributed by atoms with E-state index in [1.807, 2.05) is 56.9 Å². The molecule has 1 N–H and O–H groups in total. The Bertz CT molecular complexity index is 1260. The quantitative estimate of drug-likeness (QED) is 0.665. The van der Waals surface area contributed by atoms with E-state index in [0.29, 0.717) is 30.0 Å². The lowest BCUT2D eigenvalue weighted by Crippen LogP contribution is -2.44. The van der Waals surface area contributed by atoms with Gasteiger partial charge in [-0.15, -0.1) is 0 Å². The third-order valence-corrected chi connectivity index (χ3v) is 6.42. The molecular formula is C26H30N2O4. The minimum atomic E-state index is -0.499. The van der Waals surface area contributed by atoms with Gasteiger partial charge in [-0.1, -0.05) is 26.0 Å². The van der Waals surface area contributed by atoms with Gasteiger partial charge in [0.2, 0.25) is 5.91 Å². The SMILES string of the molecule is COc1cc2c(cc1OC)C(c1cc3c(C)ccc(C)c3[nH]c1=O)N(C(=O)C(C)C)CC2. The number of nitrogens with zero attached hydrogens (tertiary/aromatic N) is 1. The van der Waals surface area contributed by atoms with Gasteiger partial charge in [-0.05, 0) is 60.7 Å². The van der Waals surface area contributed by atoms with Crippen molar-refractivity contribution < 1.29 is 14.3 Å². The van der Waals surface area contributed by atoms with E-state index in [9.17, 15) is 9.59 Å². The van der Waals surface area contributed by atoms with E-state index in [0.717, 1.165) is 33.2 Å². The van der Waals surface area contributed by atoms with Crippen LogP contribution in [-0.4, -0.2) is 36.6 Å². The summed E-state index contributed by atoms with van der Waals surface area (Å²) in [5.74, 6) is 1.07. The predicted octanol–water partition coefficient (Wildman–Crippen LogP) is 4.29. The molecule has 0 aliphatic carbocycles. The second-order valence-corrected chi connectivity index (χ2v) is 8.79. The molecule has 0 saturated heterocycles. The molecule has 6 heteroatoms. The van der Waals surface area contributed by atoms with Crippen molar-refractivity contribution in [3.05, 3.63) is 68.5 Å². The highest BCUT2D eigenvalue weighted by Crippen LogP contribution is 2.41. The number of ether oxygens (including phenoxy) is 2. The van der Waals surface area contributed by atoms with Crippen LogP contribution in [0.3, 0.4) is 0 Å². The zero-order valence-electron chi connectivity index (χ0n) is 19.5. The molecule has 0 fully saturated rings. The van der Waals surface area contributed by atoms with E-state index < -0.39 is 6.04 Å². The van der Waals surface area contributed by atoms with Crippen molar-refractivity contribution in [1.29, 1.82) is 0 Å². The van der Waals surface area contributed by atoms with Crippen molar-refractivity contribution in [3.8, 4) is 11.5 Å². The number of carbonyl (C=O) groups excluding carboxylic acids is 1. The fourth-order valence-electron chi connectivity index (χ4n) is 4.64. The summed E-state index contributed by atoms with van der Waals surface area (Å²) in [6, 6.07) is 9.39. The number of fused-ring (bicyclic) bond motifs is 2. The molecule has 0 bridgehead atoms. The number of carbonyl (C=O) groups is 1. The first-order valence-electron chi connectivity index (χ1n) is 10.9. The number of nitrogens with one attached hydrogen (secondary N) is 1. The largest absolute Gasteiger partial charge is 0.493 e. The summed E-state index contributed by atoms with van der Waals surface area (Å²) in [5, 5.41) is 0.990. The Hall–Kier alpha value is -3.28. The number of aryl methyl sites for hydroxylation is 2. The third kappa shape index (κ3) is 3.53. The van der Waals surface area contributed by atoms with Gasteiger partial charge in [0.1, 0.15) is 0 Å². The maximum absolute atomic E-state index is 13.4. The molecular weight excluding hydrogens is 404 g/mol. The third-order valence-electron chi connectivity index (χ3n) is 6.42. The molecule has 0 radical (unpaired) electrons. The average Bonchev–Trinajstić information content (AvgIpc) is 2.79. The molecule has 1 aliphatic heterocycles. The van der Waals surface area contributed by atoms with Crippen molar-refractivity contribution >= 4 is 16.8 Å². The Morgan fingerprint density at radius 3 is 2.34 bits per heavy atom. The first kappa shape index (κ1) is 21.9.